The van der Waals surface area contributed by atoms with E-state index in [4.69, 9.17) is 11.6 Å². The van der Waals surface area contributed by atoms with Gasteiger partial charge in [-0.15, -0.1) is 0 Å². The molecule has 0 aliphatic rings. The Morgan fingerprint density at radius 3 is 2.64 bits per heavy atom. The Labute approximate surface area is 169 Å². The van der Waals surface area contributed by atoms with Crippen LogP contribution >= 0.6 is 11.6 Å². The Kier molecular flexibility index (Phi) is 6.35. The van der Waals surface area contributed by atoms with Gasteiger partial charge in [-0.1, -0.05) is 25.4 Å². The van der Waals surface area contributed by atoms with Crippen LogP contribution in [-0.4, -0.2) is 26.9 Å². The molecule has 3 aromatic rings. The number of benzene rings is 2. The summed E-state index contributed by atoms with van der Waals surface area (Å²) in [5, 5.41) is 0.644. The number of hydrogen-bond acceptors (Lipinski definition) is 2. The topological polar surface area (TPSA) is 38.1 Å². The number of carbonyl (C=O) groups excluding carboxylic acids is 1. The number of fused-ring (bicyclic) bond motifs is 1. The Morgan fingerprint density at radius 2 is 1.96 bits per heavy atom. The molecule has 0 spiro atoms. The number of rotatable bonds is 7. The van der Waals surface area contributed by atoms with Crippen LogP contribution < -0.4 is 0 Å². The number of amides is 1. The second-order valence-corrected chi connectivity index (χ2v) is 7.41. The lowest BCUT2D eigenvalue weighted by molar-refractivity contribution is 0.0737. The average Bonchev–Trinajstić information content (AvgIpc) is 3.00. The van der Waals surface area contributed by atoms with Gasteiger partial charge < -0.3 is 9.47 Å². The van der Waals surface area contributed by atoms with E-state index in [1.807, 2.05) is 24.5 Å². The fourth-order valence-electron chi connectivity index (χ4n) is 3.39. The molecule has 3 rings (SSSR count). The van der Waals surface area contributed by atoms with Crippen LogP contribution in [0.2, 0.25) is 5.02 Å². The van der Waals surface area contributed by atoms with Crippen molar-refractivity contribution in [1.29, 1.82) is 0 Å². The minimum atomic E-state index is -0.283. The monoisotopic (exact) mass is 401 g/mol. The van der Waals surface area contributed by atoms with Crippen LogP contribution in [0, 0.1) is 12.7 Å². The Bertz CT molecular complexity index is 999. The highest BCUT2D eigenvalue weighted by Crippen LogP contribution is 2.22. The normalized spacial score (nSPS) is 11.2. The molecule has 6 heteroatoms. The van der Waals surface area contributed by atoms with Gasteiger partial charge in [0.2, 0.25) is 0 Å². The number of nitrogens with zero attached hydrogens (tertiary/aromatic N) is 3. The average molecular weight is 402 g/mol. The van der Waals surface area contributed by atoms with Gasteiger partial charge in [-0.2, -0.15) is 0 Å². The van der Waals surface area contributed by atoms with E-state index < -0.39 is 0 Å². The number of imidazole rings is 1. The van der Waals surface area contributed by atoms with Crippen molar-refractivity contribution in [2.24, 2.45) is 0 Å². The van der Waals surface area contributed by atoms with E-state index in [-0.39, 0.29) is 11.7 Å². The van der Waals surface area contributed by atoms with Crippen molar-refractivity contribution < 1.29 is 9.18 Å². The van der Waals surface area contributed by atoms with Crippen LogP contribution in [0.4, 0.5) is 4.39 Å². The fraction of sp³-hybridized carbons (Fsp3) is 0.364. The van der Waals surface area contributed by atoms with Crippen molar-refractivity contribution in [3.8, 4) is 0 Å². The molecule has 0 atom stereocenters. The molecule has 0 saturated heterocycles. The molecule has 0 saturated carbocycles. The Hall–Kier alpha value is -2.40. The van der Waals surface area contributed by atoms with Crippen LogP contribution in [0.25, 0.3) is 11.0 Å². The molecule has 28 heavy (non-hydrogen) atoms. The van der Waals surface area contributed by atoms with Gasteiger partial charge in [0.25, 0.3) is 5.91 Å². The van der Waals surface area contributed by atoms with E-state index in [0.29, 0.717) is 23.7 Å². The zero-order valence-corrected chi connectivity index (χ0v) is 17.3. The van der Waals surface area contributed by atoms with Crippen LogP contribution in [0.3, 0.4) is 0 Å². The summed E-state index contributed by atoms with van der Waals surface area (Å²) in [4.78, 5) is 19.6. The Balaban J connectivity index is 1.96. The van der Waals surface area contributed by atoms with Gasteiger partial charge in [0.15, 0.2) is 0 Å². The molecule has 0 radical (unpaired) electrons. The van der Waals surface area contributed by atoms with Gasteiger partial charge in [0.05, 0.1) is 17.6 Å². The van der Waals surface area contributed by atoms with E-state index in [9.17, 15) is 9.18 Å². The van der Waals surface area contributed by atoms with Crippen molar-refractivity contribution in [3.63, 3.8) is 0 Å². The summed E-state index contributed by atoms with van der Waals surface area (Å²) in [6.45, 7) is 7.72. The van der Waals surface area contributed by atoms with Crippen LogP contribution in [0.1, 0.15) is 48.4 Å². The number of carbonyl (C=O) groups is 1. The van der Waals surface area contributed by atoms with Crippen LogP contribution in [0.5, 0.6) is 0 Å². The van der Waals surface area contributed by atoms with E-state index in [1.165, 1.54) is 12.1 Å². The quantitative estimate of drug-likeness (QED) is 0.516. The molecule has 0 N–H and O–H groups in total. The lowest BCUT2D eigenvalue weighted by atomic mass is 10.1. The van der Waals surface area contributed by atoms with Gasteiger partial charge in [0, 0.05) is 23.7 Å². The molecular formula is C22H25ClFN3O. The van der Waals surface area contributed by atoms with Gasteiger partial charge in [-0.05, 0) is 61.7 Å². The molecule has 1 heterocycles. The molecule has 0 bridgehead atoms. The van der Waals surface area contributed by atoms with E-state index in [2.05, 4.69) is 11.9 Å². The maximum atomic E-state index is 13.8. The first kappa shape index (κ1) is 20.3. The SMILES string of the molecule is CCCN(Cc1nc2ccc(F)cc2n1CCC)C(=O)c1ccc(Cl)c(C)c1. The number of aromatic nitrogens is 2. The van der Waals surface area contributed by atoms with E-state index >= 15 is 0 Å². The number of halogens is 2. The molecule has 4 nitrogen and oxygen atoms in total. The largest absolute Gasteiger partial charge is 0.331 e. The summed E-state index contributed by atoms with van der Waals surface area (Å²) in [6, 6.07) is 9.94. The zero-order chi connectivity index (χ0) is 20.3. The zero-order valence-electron chi connectivity index (χ0n) is 16.5. The highest BCUT2D eigenvalue weighted by atomic mass is 35.5. The third-order valence-electron chi connectivity index (χ3n) is 4.75. The summed E-state index contributed by atoms with van der Waals surface area (Å²) >= 11 is 6.10. The highest BCUT2D eigenvalue weighted by molar-refractivity contribution is 6.31. The summed E-state index contributed by atoms with van der Waals surface area (Å²) in [5.74, 6) is 0.437. The predicted octanol–water partition coefficient (Wildman–Crippen LogP) is 5.60. The maximum absolute atomic E-state index is 13.8. The molecular weight excluding hydrogens is 377 g/mol. The van der Waals surface area contributed by atoms with Crippen molar-refractivity contribution >= 4 is 28.5 Å². The molecule has 2 aromatic carbocycles. The predicted molar refractivity (Wildman–Crippen MR) is 111 cm³/mol. The molecule has 1 amide bonds. The molecule has 1 aromatic heterocycles. The second kappa shape index (κ2) is 8.74. The lowest BCUT2D eigenvalue weighted by Gasteiger charge is -2.23. The van der Waals surface area contributed by atoms with Gasteiger partial charge >= 0.3 is 0 Å². The van der Waals surface area contributed by atoms with E-state index in [1.54, 1.807) is 23.1 Å². The molecule has 148 valence electrons. The number of aryl methyl sites for hydroxylation is 2. The highest BCUT2D eigenvalue weighted by Gasteiger charge is 2.20. The number of hydrogen-bond donors (Lipinski definition) is 0. The van der Waals surface area contributed by atoms with Gasteiger partial charge in [-0.3, -0.25) is 4.79 Å². The van der Waals surface area contributed by atoms with Gasteiger partial charge in [-0.25, -0.2) is 9.37 Å². The first-order valence-electron chi connectivity index (χ1n) is 9.64. The first-order valence-corrected chi connectivity index (χ1v) is 10.0. The van der Waals surface area contributed by atoms with Crippen molar-refractivity contribution in [2.75, 3.05) is 6.54 Å². The molecule has 0 aliphatic heterocycles. The third kappa shape index (κ3) is 4.20. The van der Waals surface area contributed by atoms with Crippen molar-refractivity contribution in [2.45, 2.75) is 46.7 Å². The minimum absolute atomic E-state index is 0.0529. The maximum Gasteiger partial charge on any atom is 0.254 e. The summed E-state index contributed by atoms with van der Waals surface area (Å²) in [6.07, 6.45) is 1.73. The van der Waals surface area contributed by atoms with Gasteiger partial charge in [0.1, 0.15) is 11.6 Å². The summed E-state index contributed by atoms with van der Waals surface area (Å²) in [7, 11) is 0. The van der Waals surface area contributed by atoms with Crippen molar-refractivity contribution in [3.05, 3.63) is 64.2 Å². The van der Waals surface area contributed by atoms with Crippen LogP contribution in [-0.2, 0) is 13.1 Å². The first-order chi connectivity index (χ1) is 13.4. The van der Waals surface area contributed by atoms with Crippen LogP contribution in [0.15, 0.2) is 36.4 Å². The lowest BCUT2D eigenvalue weighted by Crippen LogP contribution is -2.32. The smallest absolute Gasteiger partial charge is 0.254 e. The molecule has 0 aliphatic carbocycles. The van der Waals surface area contributed by atoms with Crippen molar-refractivity contribution in [1.82, 2.24) is 14.5 Å². The second-order valence-electron chi connectivity index (χ2n) is 7.00. The molecule has 0 fully saturated rings. The standard InChI is InChI=1S/C22H25ClFN3O/c1-4-10-26(22(28)16-6-8-18(23)15(3)12-16)14-21-25-19-9-7-17(24)13-20(19)27(21)11-5-2/h6-9,12-13H,4-5,10-11,14H2,1-3H3. The Morgan fingerprint density at radius 1 is 1.18 bits per heavy atom. The molecule has 0 unspecified atom stereocenters. The summed E-state index contributed by atoms with van der Waals surface area (Å²) < 4.78 is 15.8. The summed E-state index contributed by atoms with van der Waals surface area (Å²) in [5.41, 5.74) is 3.00. The minimum Gasteiger partial charge on any atom is -0.331 e. The fourth-order valence-corrected chi connectivity index (χ4v) is 3.51. The van der Waals surface area contributed by atoms with E-state index in [0.717, 1.165) is 41.8 Å². The third-order valence-corrected chi connectivity index (χ3v) is 5.18.